The monoisotopic (exact) mass is 468 g/mol. The van der Waals surface area contributed by atoms with E-state index < -0.39 is 15.9 Å². The molecule has 1 heterocycles. The minimum atomic E-state index is -3.78. The number of sulfonamides is 1. The van der Waals surface area contributed by atoms with Crippen LogP contribution in [0.2, 0.25) is 5.02 Å². The fraction of sp³-hybridized carbons (Fsp3) is 0.167. The van der Waals surface area contributed by atoms with Gasteiger partial charge < -0.3 is 0 Å². The van der Waals surface area contributed by atoms with E-state index in [2.05, 4.69) is 27.2 Å². The summed E-state index contributed by atoms with van der Waals surface area (Å²) >= 11 is 8.98. The number of carbonyl (C=O) groups is 1. The van der Waals surface area contributed by atoms with Crippen molar-refractivity contribution in [3.8, 4) is 0 Å². The average Bonchev–Trinajstić information content (AvgIpc) is 3.15. The van der Waals surface area contributed by atoms with Gasteiger partial charge in [0.05, 0.1) is 15.5 Å². The number of hydrogen-bond donors (Lipinski definition) is 2. The van der Waals surface area contributed by atoms with Crippen LogP contribution in [0.15, 0.2) is 57.8 Å². The van der Waals surface area contributed by atoms with E-state index in [0.29, 0.717) is 5.13 Å². The molecule has 0 fully saturated rings. The maximum atomic E-state index is 12.6. The van der Waals surface area contributed by atoms with Crippen LogP contribution in [0.1, 0.15) is 23.7 Å². The molecule has 0 bridgehead atoms. The number of anilines is 2. The van der Waals surface area contributed by atoms with E-state index in [1.807, 2.05) is 0 Å². The van der Waals surface area contributed by atoms with Crippen molar-refractivity contribution in [2.75, 3.05) is 15.8 Å². The van der Waals surface area contributed by atoms with Gasteiger partial charge in [0.25, 0.3) is 15.9 Å². The quantitative estimate of drug-likeness (QED) is 0.365. The third-order valence-corrected chi connectivity index (χ3v) is 7.48. The molecule has 0 aliphatic heterocycles. The standard InChI is InChI=1S/C18H17ClN4O3S3/c1-2-10-27-18-22-21-17(28-18)20-16(24)14-11-12(8-9-15(14)19)23-29(25,26)13-6-4-3-5-7-13/h3-9,11,23H,2,10H2,1H3,(H,20,21,24). The summed E-state index contributed by atoms with van der Waals surface area (Å²) in [6, 6.07) is 12.3. The van der Waals surface area contributed by atoms with Gasteiger partial charge in [0.15, 0.2) is 4.34 Å². The van der Waals surface area contributed by atoms with E-state index in [9.17, 15) is 13.2 Å². The van der Waals surface area contributed by atoms with E-state index in [4.69, 9.17) is 11.6 Å². The number of hydrogen-bond acceptors (Lipinski definition) is 7. The molecule has 0 unspecified atom stereocenters. The summed E-state index contributed by atoms with van der Waals surface area (Å²) in [4.78, 5) is 12.7. The van der Waals surface area contributed by atoms with Gasteiger partial charge in [-0.05, 0) is 36.8 Å². The minimum Gasteiger partial charge on any atom is -0.296 e. The predicted molar refractivity (Wildman–Crippen MR) is 118 cm³/mol. The molecule has 0 radical (unpaired) electrons. The van der Waals surface area contributed by atoms with E-state index >= 15 is 0 Å². The number of nitrogens with one attached hydrogen (secondary N) is 2. The first-order valence-corrected chi connectivity index (χ1v) is 12.2. The second-order valence-electron chi connectivity index (χ2n) is 5.79. The zero-order chi connectivity index (χ0) is 20.9. The van der Waals surface area contributed by atoms with Crippen molar-refractivity contribution in [1.82, 2.24) is 10.2 Å². The van der Waals surface area contributed by atoms with E-state index in [1.54, 1.807) is 30.0 Å². The van der Waals surface area contributed by atoms with Crippen LogP contribution in [0.5, 0.6) is 0 Å². The van der Waals surface area contributed by atoms with Crippen LogP contribution in [0, 0.1) is 0 Å². The fourth-order valence-electron chi connectivity index (χ4n) is 2.25. The topological polar surface area (TPSA) is 101 Å². The Labute approximate surface area is 182 Å². The van der Waals surface area contributed by atoms with Crippen molar-refractivity contribution in [2.24, 2.45) is 0 Å². The van der Waals surface area contributed by atoms with Crippen LogP contribution >= 0.6 is 34.7 Å². The summed E-state index contributed by atoms with van der Waals surface area (Å²) in [5.41, 5.74) is 0.345. The third-order valence-electron chi connectivity index (χ3n) is 3.57. The molecule has 7 nitrogen and oxygen atoms in total. The van der Waals surface area contributed by atoms with Gasteiger partial charge >= 0.3 is 0 Å². The zero-order valence-electron chi connectivity index (χ0n) is 15.3. The maximum Gasteiger partial charge on any atom is 0.261 e. The number of benzene rings is 2. The molecule has 0 saturated heterocycles. The lowest BCUT2D eigenvalue weighted by molar-refractivity contribution is 0.102. The van der Waals surface area contributed by atoms with Crippen molar-refractivity contribution < 1.29 is 13.2 Å². The van der Waals surface area contributed by atoms with Crippen LogP contribution in [0.3, 0.4) is 0 Å². The van der Waals surface area contributed by atoms with Gasteiger partial charge in [-0.15, -0.1) is 10.2 Å². The molecule has 0 saturated carbocycles. The molecule has 2 aromatic carbocycles. The number of carbonyl (C=O) groups excluding carboxylic acids is 1. The van der Waals surface area contributed by atoms with Gasteiger partial charge in [0.2, 0.25) is 5.13 Å². The molecular formula is C18H17ClN4O3S3. The molecular weight excluding hydrogens is 452 g/mol. The van der Waals surface area contributed by atoms with Crippen LogP contribution in [-0.2, 0) is 10.0 Å². The number of halogens is 1. The van der Waals surface area contributed by atoms with Crippen molar-refractivity contribution in [3.63, 3.8) is 0 Å². The van der Waals surface area contributed by atoms with Gasteiger partial charge in [-0.1, -0.05) is 59.8 Å². The van der Waals surface area contributed by atoms with Crippen LogP contribution in [0.4, 0.5) is 10.8 Å². The number of thioether (sulfide) groups is 1. The molecule has 0 spiro atoms. The molecule has 1 amide bonds. The van der Waals surface area contributed by atoms with Crippen LogP contribution < -0.4 is 10.0 Å². The Morgan fingerprint density at radius 1 is 1.17 bits per heavy atom. The Morgan fingerprint density at radius 3 is 2.66 bits per heavy atom. The summed E-state index contributed by atoms with van der Waals surface area (Å²) in [7, 11) is -3.78. The largest absolute Gasteiger partial charge is 0.296 e. The van der Waals surface area contributed by atoms with Gasteiger partial charge in [-0.2, -0.15) is 0 Å². The van der Waals surface area contributed by atoms with Crippen molar-refractivity contribution in [2.45, 2.75) is 22.6 Å². The highest BCUT2D eigenvalue weighted by atomic mass is 35.5. The third kappa shape index (κ3) is 5.69. The summed E-state index contributed by atoms with van der Waals surface area (Å²) in [5, 5.41) is 11.1. The Kier molecular flexibility index (Phi) is 7.12. The smallest absolute Gasteiger partial charge is 0.261 e. The molecule has 11 heteroatoms. The number of nitrogens with zero attached hydrogens (tertiary/aromatic N) is 2. The minimum absolute atomic E-state index is 0.118. The Hall–Kier alpha value is -2.14. The molecule has 3 aromatic rings. The van der Waals surface area contributed by atoms with Gasteiger partial charge in [0.1, 0.15) is 0 Å². The molecule has 0 aliphatic rings. The highest BCUT2D eigenvalue weighted by molar-refractivity contribution is 8.01. The van der Waals surface area contributed by atoms with Crippen LogP contribution in [-0.4, -0.2) is 30.3 Å². The maximum absolute atomic E-state index is 12.6. The van der Waals surface area contributed by atoms with Gasteiger partial charge in [-0.3, -0.25) is 14.8 Å². The lowest BCUT2D eigenvalue weighted by Gasteiger charge is -2.10. The van der Waals surface area contributed by atoms with Crippen molar-refractivity contribution in [3.05, 3.63) is 59.1 Å². The molecule has 29 heavy (non-hydrogen) atoms. The molecule has 152 valence electrons. The first-order valence-electron chi connectivity index (χ1n) is 8.54. The first-order chi connectivity index (χ1) is 13.9. The lowest BCUT2D eigenvalue weighted by Crippen LogP contribution is -2.15. The SMILES string of the molecule is CCCSc1nnc(NC(=O)c2cc(NS(=O)(=O)c3ccccc3)ccc2Cl)s1. The second-order valence-corrected chi connectivity index (χ2v) is 10.2. The van der Waals surface area contributed by atoms with Crippen molar-refractivity contribution in [1.29, 1.82) is 0 Å². The van der Waals surface area contributed by atoms with E-state index in [1.165, 1.54) is 41.7 Å². The summed E-state index contributed by atoms with van der Waals surface area (Å²) in [6.07, 6.45) is 1.01. The highest BCUT2D eigenvalue weighted by Crippen LogP contribution is 2.28. The number of aromatic nitrogens is 2. The van der Waals surface area contributed by atoms with E-state index in [0.717, 1.165) is 16.5 Å². The lowest BCUT2D eigenvalue weighted by atomic mass is 10.2. The molecule has 2 N–H and O–H groups in total. The molecule has 1 aromatic heterocycles. The number of amides is 1. The Balaban J connectivity index is 1.76. The summed E-state index contributed by atoms with van der Waals surface area (Å²) in [6.45, 7) is 2.07. The Bertz CT molecular complexity index is 1100. The summed E-state index contributed by atoms with van der Waals surface area (Å²) in [5.74, 6) is 0.414. The number of rotatable bonds is 8. The van der Waals surface area contributed by atoms with Gasteiger partial charge in [0, 0.05) is 11.4 Å². The second kappa shape index (κ2) is 9.57. The van der Waals surface area contributed by atoms with Gasteiger partial charge in [-0.25, -0.2) is 8.42 Å². The highest BCUT2D eigenvalue weighted by Gasteiger charge is 2.18. The predicted octanol–water partition coefficient (Wildman–Crippen LogP) is 4.75. The Morgan fingerprint density at radius 2 is 1.93 bits per heavy atom. The van der Waals surface area contributed by atoms with E-state index in [-0.39, 0.29) is 21.2 Å². The average molecular weight is 469 g/mol. The normalized spacial score (nSPS) is 11.2. The zero-order valence-corrected chi connectivity index (χ0v) is 18.5. The molecule has 0 aliphatic carbocycles. The molecule has 3 rings (SSSR count). The fourth-order valence-corrected chi connectivity index (χ4v) is 5.20. The van der Waals surface area contributed by atoms with Crippen LogP contribution in [0.25, 0.3) is 0 Å². The molecule has 0 atom stereocenters. The van der Waals surface area contributed by atoms with Crippen molar-refractivity contribution >= 4 is 61.4 Å². The first kappa shape index (κ1) is 21.6. The summed E-state index contributed by atoms with van der Waals surface area (Å²) < 4.78 is 28.2.